The molecule has 0 aliphatic carbocycles. The van der Waals surface area contributed by atoms with Crippen LogP contribution in [-0.2, 0) is 27.2 Å². The van der Waals surface area contributed by atoms with Gasteiger partial charge >= 0.3 is 18.2 Å². The summed E-state index contributed by atoms with van der Waals surface area (Å²) in [6.45, 7) is 10.3. The maximum Gasteiger partial charge on any atom is 0.420 e. The van der Waals surface area contributed by atoms with Gasteiger partial charge in [0.25, 0.3) is 0 Å². The van der Waals surface area contributed by atoms with E-state index in [4.69, 9.17) is 9.47 Å². The molecule has 2 heterocycles. The van der Waals surface area contributed by atoms with Gasteiger partial charge in [-0.15, -0.1) is 0 Å². The van der Waals surface area contributed by atoms with Crippen LogP contribution in [0.2, 0.25) is 0 Å². The molecule has 9 heteroatoms. The van der Waals surface area contributed by atoms with Crippen molar-refractivity contribution >= 4 is 18.2 Å². The summed E-state index contributed by atoms with van der Waals surface area (Å²) in [4.78, 5) is 41.6. The number of amides is 1. The second kappa shape index (κ2) is 6.62. The van der Waals surface area contributed by atoms with Gasteiger partial charge in [0.1, 0.15) is 23.6 Å². The summed E-state index contributed by atoms with van der Waals surface area (Å²) in [6, 6.07) is -1.16. The van der Waals surface area contributed by atoms with E-state index in [0.717, 1.165) is 4.90 Å². The molecule has 26 heavy (non-hydrogen) atoms. The fourth-order valence-corrected chi connectivity index (χ4v) is 2.53. The van der Waals surface area contributed by atoms with Crippen molar-refractivity contribution in [3.63, 3.8) is 0 Å². The summed E-state index contributed by atoms with van der Waals surface area (Å²) in [5.41, 5.74) is -0.584. The topological polar surface area (TPSA) is 111 Å². The number of fused-ring (bicyclic) bond motifs is 1. The maximum absolute atomic E-state index is 12.4. The number of carboxylic acid groups (broad SMARTS) is 1. The smallest absolute Gasteiger partial charge is 0.420 e. The monoisotopic (exact) mass is 367 g/mol. The van der Waals surface area contributed by atoms with Crippen molar-refractivity contribution in [3.8, 4) is 0 Å². The van der Waals surface area contributed by atoms with Gasteiger partial charge < -0.3 is 14.6 Å². The second-order valence-corrected chi connectivity index (χ2v) is 8.15. The first-order valence-corrected chi connectivity index (χ1v) is 8.29. The highest BCUT2D eigenvalue weighted by Gasteiger charge is 2.40. The van der Waals surface area contributed by atoms with Gasteiger partial charge in [-0.25, -0.2) is 23.9 Å². The van der Waals surface area contributed by atoms with Gasteiger partial charge in [0, 0.05) is 6.42 Å². The predicted octanol–water partition coefficient (Wildman–Crippen LogP) is 2.41. The first-order chi connectivity index (χ1) is 11.8. The fraction of sp³-hybridized carbons (Fsp3) is 0.647. The molecule has 0 bridgehead atoms. The minimum absolute atomic E-state index is 0.0585. The van der Waals surface area contributed by atoms with Gasteiger partial charge in [-0.2, -0.15) is 0 Å². The third-order valence-corrected chi connectivity index (χ3v) is 3.54. The van der Waals surface area contributed by atoms with Crippen LogP contribution in [-0.4, -0.2) is 55.0 Å². The molecule has 2 rings (SSSR count). The summed E-state index contributed by atoms with van der Waals surface area (Å²) in [5.74, 6) is -1.18. The number of aliphatic carboxylic acids is 1. The maximum atomic E-state index is 12.4. The molecule has 1 unspecified atom stereocenters. The molecular formula is C17H25N3O6. The molecule has 9 nitrogen and oxygen atoms in total. The Hall–Kier alpha value is -2.58. The average Bonchev–Trinajstić information content (AvgIpc) is 2.84. The van der Waals surface area contributed by atoms with E-state index in [1.807, 2.05) is 0 Å². The number of aromatic nitrogens is 2. The van der Waals surface area contributed by atoms with Crippen LogP contribution in [0.15, 0.2) is 6.33 Å². The predicted molar refractivity (Wildman–Crippen MR) is 90.8 cm³/mol. The third kappa shape index (κ3) is 4.53. The number of hydrogen-bond donors (Lipinski definition) is 1. The van der Waals surface area contributed by atoms with E-state index in [1.54, 1.807) is 41.5 Å². The van der Waals surface area contributed by atoms with E-state index in [-0.39, 0.29) is 13.0 Å². The van der Waals surface area contributed by atoms with Crippen LogP contribution in [0.3, 0.4) is 0 Å². The number of carbonyl (C=O) groups is 3. The molecule has 0 saturated heterocycles. The van der Waals surface area contributed by atoms with Gasteiger partial charge in [-0.1, -0.05) is 0 Å². The van der Waals surface area contributed by atoms with Crippen LogP contribution in [0.4, 0.5) is 9.59 Å². The first-order valence-electron chi connectivity index (χ1n) is 8.29. The Morgan fingerprint density at radius 2 is 1.62 bits per heavy atom. The van der Waals surface area contributed by atoms with Crippen LogP contribution in [0.25, 0.3) is 0 Å². The molecular weight excluding hydrogens is 342 g/mol. The van der Waals surface area contributed by atoms with Crippen LogP contribution >= 0.6 is 0 Å². The Bertz CT molecular complexity index is 726. The molecule has 1 aliphatic rings. The van der Waals surface area contributed by atoms with E-state index in [2.05, 4.69) is 4.98 Å². The third-order valence-electron chi connectivity index (χ3n) is 3.54. The summed E-state index contributed by atoms with van der Waals surface area (Å²) < 4.78 is 11.8. The van der Waals surface area contributed by atoms with Crippen molar-refractivity contribution in [1.82, 2.24) is 14.5 Å². The van der Waals surface area contributed by atoms with Crippen LogP contribution in [0.1, 0.15) is 52.9 Å². The van der Waals surface area contributed by atoms with Gasteiger partial charge in [0.05, 0.1) is 17.9 Å². The standard InChI is InChI=1S/C17H25N3O6/c1-16(2,3)25-14(23)19-8-10-11(7-12(19)13(21)22)20(9-18-10)15(24)26-17(4,5)6/h9,12H,7-8H2,1-6H3,(H,21,22). The lowest BCUT2D eigenvalue weighted by atomic mass is 10.0. The van der Waals surface area contributed by atoms with E-state index in [9.17, 15) is 19.5 Å². The van der Waals surface area contributed by atoms with Crippen molar-refractivity contribution in [2.24, 2.45) is 0 Å². The van der Waals surface area contributed by atoms with Crippen molar-refractivity contribution < 1.29 is 29.0 Å². The van der Waals surface area contributed by atoms with Crippen LogP contribution in [0.5, 0.6) is 0 Å². The Labute approximate surface area is 151 Å². The lowest BCUT2D eigenvalue weighted by Crippen LogP contribution is -2.50. The van der Waals surface area contributed by atoms with Gasteiger partial charge in [0.2, 0.25) is 0 Å². The molecule has 0 aromatic carbocycles. The Balaban J connectivity index is 2.31. The van der Waals surface area contributed by atoms with E-state index < -0.39 is 35.4 Å². The van der Waals surface area contributed by atoms with E-state index >= 15 is 0 Å². The van der Waals surface area contributed by atoms with Crippen LogP contribution < -0.4 is 0 Å². The molecule has 0 saturated carbocycles. The van der Waals surface area contributed by atoms with E-state index in [0.29, 0.717) is 11.4 Å². The Kier molecular flexibility index (Phi) is 5.03. The Morgan fingerprint density at radius 3 is 2.12 bits per heavy atom. The number of nitrogens with zero attached hydrogens (tertiary/aromatic N) is 3. The number of carboxylic acids is 1. The van der Waals surface area contributed by atoms with Crippen molar-refractivity contribution in [2.75, 3.05) is 0 Å². The molecule has 1 amide bonds. The fourth-order valence-electron chi connectivity index (χ4n) is 2.53. The summed E-state index contributed by atoms with van der Waals surface area (Å²) in [7, 11) is 0. The largest absolute Gasteiger partial charge is 0.480 e. The zero-order valence-electron chi connectivity index (χ0n) is 15.9. The SMILES string of the molecule is CC(C)(C)OC(=O)N1Cc2ncn(C(=O)OC(C)(C)C)c2CC1C(=O)O. The van der Waals surface area contributed by atoms with Crippen molar-refractivity contribution in [3.05, 3.63) is 17.7 Å². The average molecular weight is 367 g/mol. The molecule has 1 aromatic rings. The highest BCUT2D eigenvalue weighted by Crippen LogP contribution is 2.25. The summed E-state index contributed by atoms with van der Waals surface area (Å²) in [5, 5.41) is 9.54. The van der Waals surface area contributed by atoms with Gasteiger partial charge in [-0.3, -0.25) is 4.90 Å². The second-order valence-electron chi connectivity index (χ2n) is 8.15. The first kappa shape index (κ1) is 19.7. The van der Waals surface area contributed by atoms with Crippen molar-refractivity contribution in [2.45, 2.75) is 71.8 Å². The minimum atomic E-state index is -1.18. The molecule has 1 aliphatic heterocycles. The molecule has 144 valence electrons. The number of ether oxygens (including phenoxy) is 2. The number of hydrogen-bond acceptors (Lipinski definition) is 6. The summed E-state index contributed by atoms with van der Waals surface area (Å²) >= 11 is 0. The summed E-state index contributed by atoms with van der Waals surface area (Å²) in [6.07, 6.45) is -0.150. The lowest BCUT2D eigenvalue weighted by Gasteiger charge is -2.34. The van der Waals surface area contributed by atoms with Crippen LogP contribution in [0, 0.1) is 0 Å². The molecule has 1 aromatic heterocycles. The lowest BCUT2D eigenvalue weighted by molar-refractivity contribution is -0.143. The molecule has 0 fully saturated rings. The molecule has 1 atom stereocenters. The highest BCUT2D eigenvalue weighted by atomic mass is 16.6. The zero-order chi connectivity index (χ0) is 19.9. The molecule has 1 N–H and O–H groups in total. The number of imidazole rings is 1. The normalized spacial score (nSPS) is 17.5. The molecule has 0 radical (unpaired) electrons. The van der Waals surface area contributed by atoms with Gasteiger partial charge in [0.15, 0.2) is 0 Å². The Morgan fingerprint density at radius 1 is 1.08 bits per heavy atom. The zero-order valence-corrected chi connectivity index (χ0v) is 15.9. The quantitative estimate of drug-likeness (QED) is 0.811. The number of rotatable bonds is 1. The molecule has 0 spiro atoms. The minimum Gasteiger partial charge on any atom is -0.480 e. The van der Waals surface area contributed by atoms with Crippen molar-refractivity contribution in [1.29, 1.82) is 0 Å². The number of carbonyl (C=O) groups excluding carboxylic acids is 2. The van der Waals surface area contributed by atoms with Gasteiger partial charge in [-0.05, 0) is 41.5 Å². The van der Waals surface area contributed by atoms with E-state index in [1.165, 1.54) is 10.9 Å². The highest BCUT2D eigenvalue weighted by molar-refractivity contribution is 5.81.